The van der Waals surface area contributed by atoms with Gasteiger partial charge in [0.25, 0.3) is 11.8 Å². The number of carbonyl (C=O) groups is 1. The van der Waals surface area contributed by atoms with Crippen molar-refractivity contribution < 1.29 is 18.8 Å². The lowest BCUT2D eigenvalue weighted by Gasteiger charge is -2.07. The highest BCUT2D eigenvalue weighted by Crippen LogP contribution is 2.32. The first-order chi connectivity index (χ1) is 14.7. The molecule has 1 N–H and O–H groups in total. The summed E-state index contributed by atoms with van der Waals surface area (Å²) in [5, 5.41) is 6.91. The van der Waals surface area contributed by atoms with E-state index in [1.54, 1.807) is 50.6 Å². The average Bonchev–Trinajstić information content (AvgIpc) is 3.30. The Bertz CT molecular complexity index is 1150. The maximum atomic E-state index is 12.3. The molecule has 1 amide bonds. The molecule has 0 unspecified atom stereocenters. The number of hydrogen-bond acceptors (Lipinski definition) is 6. The quantitative estimate of drug-likeness (QED) is 0.505. The summed E-state index contributed by atoms with van der Waals surface area (Å²) in [4.78, 5) is 16.7. The number of methoxy groups -OCH3 is 2. The SMILES string of the molecule is COc1ccc(-c2noc(-c3ccc(NC(=O)c4ccccc4)cc3)n2)cc1OC. The van der Waals surface area contributed by atoms with Gasteiger partial charge in [-0.05, 0) is 54.6 Å². The second-order valence-corrected chi connectivity index (χ2v) is 6.39. The molecule has 0 fully saturated rings. The highest BCUT2D eigenvalue weighted by molar-refractivity contribution is 6.04. The van der Waals surface area contributed by atoms with Crippen LogP contribution in [0.25, 0.3) is 22.8 Å². The molecule has 0 aliphatic heterocycles. The lowest BCUT2D eigenvalue weighted by Crippen LogP contribution is -2.11. The molecule has 1 heterocycles. The number of nitrogens with one attached hydrogen (secondary N) is 1. The maximum absolute atomic E-state index is 12.3. The van der Waals surface area contributed by atoms with E-state index in [1.807, 2.05) is 36.4 Å². The fourth-order valence-corrected chi connectivity index (χ4v) is 2.92. The highest BCUT2D eigenvalue weighted by Gasteiger charge is 2.14. The van der Waals surface area contributed by atoms with Crippen molar-refractivity contribution in [2.45, 2.75) is 0 Å². The van der Waals surface area contributed by atoms with Crippen molar-refractivity contribution in [3.8, 4) is 34.3 Å². The number of benzene rings is 3. The van der Waals surface area contributed by atoms with E-state index < -0.39 is 0 Å². The van der Waals surface area contributed by atoms with E-state index in [1.165, 1.54) is 0 Å². The van der Waals surface area contributed by atoms with Crippen molar-refractivity contribution in [3.05, 3.63) is 78.4 Å². The monoisotopic (exact) mass is 401 g/mol. The summed E-state index contributed by atoms with van der Waals surface area (Å²) in [7, 11) is 3.15. The number of anilines is 1. The van der Waals surface area contributed by atoms with Gasteiger partial charge in [-0.2, -0.15) is 4.98 Å². The predicted octanol–water partition coefficient (Wildman–Crippen LogP) is 4.67. The minimum absolute atomic E-state index is 0.170. The predicted molar refractivity (Wildman–Crippen MR) is 113 cm³/mol. The molecule has 30 heavy (non-hydrogen) atoms. The lowest BCUT2D eigenvalue weighted by molar-refractivity contribution is 0.102. The van der Waals surface area contributed by atoms with Crippen LogP contribution in [0.2, 0.25) is 0 Å². The van der Waals surface area contributed by atoms with Crippen LogP contribution in [0.4, 0.5) is 5.69 Å². The molecule has 0 saturated carbocycles. The largest absolute Gasteiger partial charge is 0.493 e. The van der Waals surface area contributed by atoms with Crippen molar-refractivity contribution >= 4 is 11.6 Å². The number of aromatic nitrogens is 2. The Morgan fingerprint density at radius 1 is 0.867 bits per heavy atom. The summed E-state index contributed by atoms with van der Waals surface area (Å²) < 4.78 is 16.0. The van der Waals surface area contributed by atoms with Gasteiger partial charge in [0.05, 0.1) is 14.2 Å². The minimum atomic E-state index is -0.170. The van der Waals surface area contributed by atoms with E-state index in [0.29, 0.717) is 34.5 Å². The molecule has 4 aromatic rings. The Balaban J connectivity index is 1.51. The van der Waals surface area contributed by atoms with Crippen LogP contribution in [0.15, 0.2) is 77.3 Å². The van der Waals surface area contributed by atoms with Gasteiger partial charge in [0.1, 0.15) is 0 Å². The third-order valence-corrected chi connectivity index (χ3v) is 4.49. The van der Waals surface area contributed by atoms with E-state index in [2.05, 4.69) is 15.5 Å². The van der Waals surface area contributed by atoms with E-state index in [9.17, 15) is 4.79 Å². The van der Waals surface area contributed by atoms with Gasteiger partial charge in [-0.3, -0.25) is 4.79 Å². The van der Waals surface area contributed by atoms with Gasteiger partial charge in [0.15, 0.2) is 11.5 Å². The molecule has 1 aromatic heterocycles. The summed E-state index contributed by atoms with van der Waals surface area (Å²) in [5.74, 6) is 1.85. The zero-order valence-corrected chi connectivity index (χ0v) is 16.5. The number of ether oxygens (including phenoxy) is 2. The van der Waals surface area contributed by atoms with Crippen molar-refractivity contribution in [1.82, 2.24) is 10.1 Å². The molecular formula is C23H19N3O4. The number of hydrogen-bond donors (Lipinski definition) is 1. The molecule has 7 heteroatoms. The number of amides is 1. The number of rotatable bonds is 6. The first-order valence-corrected chi connectivity index (χ1v) is 9.21. The van der Waals surface area contributed by atoms with Gasteiger partial charge in [0, 0.05) is 22.4 Å². The summed E-state index contributed by atoms with van der Waals surface area (Å²) in [6.07, 6.45) is 0. The molecule has 0 bridgehead atoms. The number of carbonyl (C=O) groups excluding carboxylic acids is 1. The van der Waals surface area contributed by atoms with Gasteiger partial charge in [0.2, 0.25) is 5.82 Å². The van der Waals surface area contributed by atoms with E-state index >= 15 is 0 Å². The van der Waals surface area contributed by atoms with Crippen molar-refractivity contribution in [2.24, 2.45) is 0 Å². The van der Waals surface area contributed by atoms with Crippen molar-refractivity contribution in [2.75, 3.05) is 19.5 Å². The maximum Gasteiger partial charge on any atom is 0.258 e. The Morgan fingerprint density at radius 2 is 1.57 bits per heavy atom. The van der Waals surface area contributed by atoms with E-state index in [0.717, 1.165) is 11.1 Å². The standard InChI is InChI=1S/C23H19N3O4/c1-28-19-13-10-17(14-20(19)29-2)21-25-23(30-26-21)16-8-11-18(12-9-16)24-22(27)15-6-4-3-5-7-15/h3-14H,1-2H3,(H,24,27). The van der Waals surface area contributed by atoms with Crippen LogP contribution in [-0.2, 0) is 0 Å². The van der Waals surface area contributed by atoms with Gasteiger partial charge >= 0.3 is 0 Å². The molecule has 0 saturated heterocycles. The van der Waals surface area contributed by atoms with Crippen molar-refractivity contribution in [3.63, 3.8) is 0 Å². The molecule has 0 atom stereocenters. The van der Waals surface area contributed by atoms with Crippen LogP contribution in [0, 0.1) is 0 Å². The summed E-state index contributed by atoms with van der Waals surface area (Å²) in [6, 6.07) is 21.6. The Morgan fingerprint density at radius 3 is 2.27 bits per heavy atom. The summed E-state index contributed by atoms with van der Waals surface area (Å²) in [6.45, 7) is 0. The Hall–Kier alpha value is -4.13. The molecule has 150 valence electrons. The second-order valence-electron chi connectivity index (χ2n) is 6.39. The molecule has 0 spiro atoms. The van der Waals surface area contributed by atoms with Crippen LogP contribution in [0.1, 0.15) is 10.4 Å². The molecule has 0 radical (unpaired) electrons. The third kappa shape index (κ3) is 4.00. The summed E-state index contributed by atoms with van der Waals surface area (Å²) in [5.41, 5.74) is 2.76. The zero-order valence-electron chi connectivity index (χ0n) is 16.5. The molecule has 0 aliphatic carbocycles. The van der Waals surface area contributed by atoms with Gasteiger partial charge in [-0.1, -0.05) is 23.4 Å². The second kappa shape index (κ2) is 8.48. The van der Waals surface area contributed by atoms with Crippen LogP contribution < -0.4 is 14.8 Å². The normalized spacial score (nSPS) is 10.5. The van der Waals surface area contributed by atoms with E-state index in [4.69, 9.17) is 14.0 Å². The van der Waals surface area contributed by atoms with E-state index in [-0.39, 0.29) is 5.91 Å². The fraction of sp³-hybridized carbons (Fsp3) is 0.0870. The first-order valence-electron chi connectivity index (χ1n) is 9.21. The van der Waals surface area contributed by atoms with Crippen LogP contribution >= 0.6 is 0 Å². The van der Waals surface area contributed by atoms with Crippen LogP contribution in [0.3, 0.4) is 0 Å². The zero-order chi connectivity index (χ0) is 20.9. The smallest absolute Gasteiger partial charge is 0.258 e. The lowest BCUT2D eigenvalue weighted by atomic mass is 10.1. The number of nitrogens with zero attached hydrogens (tertiary/aromatic N) is 2. The van der Waals surface area contributed by atoms with Gasteiger partial charge in [-0.25, -0.2) is 0 Å². The average molecular weight is 401 g/mol. The molecule has 4 rings (SSSR count). The minimum Gasteiger partial charge on any atom is -0.493 e. The highest BCUT2D eigenvalue weighted by atomic mass is 16.5. The molecule has 3 aromatic carbocycles. The molecular weight excluding hydrogens is 382 g/mol. The molecule has 0 aliphatic rings. The van der Waals surface area contributed by atoms with Gasteiger partial charge < -0.3 is 19.3 Å². The van der Waals surface area contributed by atoms with Crippen LogP contribution in [-0.4, -0.2) is 30.3 Å². The fourth-order valence-electron chi connectivity index (χ4n) is 2.92. The Kier molecular flexibility index (Phi) is 5.43. The van der Waals surface area contributed by atoms with Crippen molar-refractivity contribution in [1.29, 1.82) is 0 Å². The topological polar surface area (TPSA) is 86.5 Å². The summed E-state index contributed by atoms with van der Waals surface area (Å²) >= 11 is 0. The third-order valence-electron chi connectivity index (χ3n) is 4.49. The van der Waals surface area contributed by atoms with Gasteiger partial charge in [-0.15, -0.1) is 0 Å². The Labute approximate surface area is 173 Å². The first kappa shape index (κ1) is 19.2. The van der Waals surface area contributed by atoms with Crippen LogP contribution in [0.5, 0.6) is 11.5 Å². The molecule has 7 nitrogen and oxygen atoms in total.